The van der Waals surface area contributed by atoms with Crippen molar-refractivity contribution in [3.63, 3.8) is 0 Å². The molecule has 0 saturated heterocycles. The van der Waals surface area contributed by atoms with E-state index < -0.39 is 0 Å². The van der Waals surface area contributed by atoms with Gasteiger partial charge in [0.15, 0.2) is 0 Å². The van der Waals surface area contributed by atoms with E-state index in [1.54, 1.807) is 6.92 Å². The van der Waals surface area contributed by atoms with Gasteiger partial charge in [-0.1, -0.05) is 37.8 Å². The number of ether oxygens (including phenoxy) is 2. The number of carbonyl (C=O) groups is 1. The van der Waals surface area contributed by atoms with Crippen molar-refractivity contribution < 1.29 is 14.3 Å². The first-order valence-electron chi connectivity index (χ1n) is 7.43. The van der Waals surface area contributed by atoms with Crippen LogP contribution in [0, 0.1) is 11.8 Å². The zero-order chi connectivity index (χ0) is 15.5. The fourth-order valence-electron chi connectivity index (χ4n) is 2.01. The Morgan fingerprint density at radius 1 is 1.24 bits per heavy atom. The molecule has 0 aliphatic heterocycles. The van der Waals surface area contributed by atoms with Gasteiger partial charge < -0.3 is 9.47 Å². The van der Waals surface area contributed by atoms with Gasteiger partial charge in [-0.3, -0.25) is 4.79 Å². The quantitative estimate of drug-likeness (QED) is 0.413. The molecule has 0 aliphatic carbocycles. The van der Waals surface area contributed by atoms with Gasteiger partial charge in [0.1, 0.15) is 5.75 Å². The lowest BCUT2D eigenvalue weighted by molar-refractivity contribution is -0.140. The molecule has 0 aromatic heterocycles. The Morgan fingerprint density at radius 2 is 1.95 bits per heavy atom. The Kier molecular flexibility index (Phi) is 8.04. The number of esters is 1. The predicted molar refractivity (Wildman–Crippen MR) is 84.3 cm³/mol. The number of hydrogen-bond acceptors (Lipinski definition) is 3. The lowest BCUT2D eigenvalue weighted by Gasteiger charge is -2.11. The summed E-state index contributed by atoms with van der Waals surface area (Å²) in [6.07, 6.45) is 3.72. The van der Waals surface area contributed by atoms with Crippen molar-refractivity contribution in [2.75, 3.05) is 13.7 Å². The van der Waals surface area contributed by atoms with Crippen molar-refractivity contribution >= 4 is 5.97 Å². The molecule has 3 heteroatoms. The standard InChI is InChI=1S/C18H24O3/c1-4-6-7-13-21-17-11-9-15(10-12-17)16(8-5-2)14-18(19)20-3/h9-12,16H,4,6-7,13-14H2,1-3H3. The molecule has 0 N–H and O–H groups in total. The summed E-state index contributed by atoms with van der Waals surface area (Å²) in [6, 6.07) is 7.80. The van der Waals surface area contributed by atoms with E-state index in [-0.39, 0.29) is 18.3 Å². The van der Waals surface area contributed by atoms with Crippen LogP contribution in [-0.4, -0.2) is 19.7 Å². The minimum atomic E-state index is -0.248. The zero-order valence-corrected chi connectivity index (χ0v) is 13.1. The minimum absolute atomic E-state index is 0.128. The third-order valence-corrected chi connectivity index (χ3v) is 3.22. The molecule has 114 valence electrons. The largest absolute Gasteiger partial charge is 0.494 e. The summed E-state index contributed by atoms with van der Waals surface area (Å²) in [4.78, 5) is 11.4. The Hall–Kier alpha value is -1.95. The van der Waals surface area contributed by atoms with E-state index in [1.807, 2.05) is 24.3 Å². The van der Waals surface area contributed by atoms with E-state index in [1.165, 1.54) is 20.0 Å². The number of carbonyl (C=O) groups excluding carboxylic acids is 1. The third kappa shape index (κ3) is 6.35. The molecule has 3 nitrogen and oxygen atoms in total. The first-order chi connectivity index (χ1) is 10.2. The van der Waals surface area contributed by atoms with Crippen molar-refractivity contribution in [2.24, 2.45) is 0 Å². The van der Waals surface area contributed by atoms with Gasteiger partial charge in [-0.2, -0.15) is 0 Å². The molecule has 0 aliphatic rings. The first kappa shape index (κ1) is 17.1. The third-order valence-electron chi connectivity index (χ3n) is 3.22. The molecule has 0 amide bonds. The van der Waals surface area contributed by atoms with Gasteiger partial charge in [0.05, 0.1) is 26.1 Å². The van der Waals surface area contributed by atoms with Crippen molar-refractivity contribution in [1.82, 2.24) is 0 Å². The maximum Gasteiger partial charge on any atom is 0.307 e. The number of rotatable bonds is 8. The number of methoxy groups -OCH3 is 1. The van der Waals surface area contributed by atoms with Crippen LogP contribution in [0.5, 0.6) is 5.75 Å². The van der Waals surface area contributed by atoms with Crippen LogP contribution in [0.4, 0.5) is 0 Å². The highest BCUT2D eigenvalue weighted by molar-refractivity contribution is 5.71. The second kappa shape index (κ2) is 9.88. The molecule has 1 unspecified atom stereocenters. The Bertz CT molecular complexity index is 479. The van der Waals surface area contributed by atoms with Crippen LogP contribution >= 0.6 is 0 Å². The molecular weight excluding hydrogens is 264 g/mol. The SMILES string of the molecule is CC#CC(CC(=O)OC)c1ccc(OCCCCC)cc1. The summed E-state index contributed by atoms with van der Waals surface area (Å²) in [7, 11) is 1.39. The molecule has 0 heterocycles. The lowest BCUT2D eigenvalue weighted by atomic mass is 9.96. The summed E-state index contributed by atoms with van der Waals surface area (Å²) in [5.74, 6) is 6.40. The van der Waals surface area contributed by atoms with Crippen LogP contribution in [-0.2, 0) is 9.53 Å². The van der Waals surface area contributed by atoms with Crippen LogP contribution in [0.3, 0.4) is 0 Å². The van der Waals surface area contributed by atoms with Gasteiger partial charge in [0.25, 0.3) is 0 Å². The minimum Gasteiger partial charge on any atom is -0.494 e. The Morgan fingerprint density at radius 3 is 2.52 bits per heavy atom. The van der Waals surface area contributed by atoms with E-state index in [0.717, 1.165) is 24.3 Å². The smallest absolute Gasteiger partial charge is 0.307 e. The zero-order valence-electron chi connectivity index (χ0n) is 13.1. The van der Waals surface area contributed by atoms with E-state index in [9.17, 15) is 4.79 Å². The molecule has 21 heavy (non-hydrogen) atoms. The molecule has 0 radical (unpaired) electrons. The Balaban J connectivity index is 2.64. The molecular formula is C18H24O3. The summed E-state index contributed by atoms with van der Waals surface area (Å²) in [5, 5.41) is 0. The summed E-state index contributed by atoms with van der Waals surface area (Å²) in [5.41, 5.74) is 1.01. The monoisotopic (exact) mass is 288 g/mol. The maximum atomic E-state index is 11.4. The number of hydrogen-bond donors (Lipinski definition) is 0. The van der Waals surface area contributed by atoms with Crippen LogP contribution in [0.15, 0.2) is 24.3 Å². The highest BCUT2D eigenvalue weighted by atomic mass is 16.5. The van der Waals surface area contributed by atoms with Gasteiger partial charge in [0.2, 0.25) is 0 Å². The second-order valence-electron chi connectivity index (χ2n) is 4.85. The number of benzene rings is 1. The molecule has 0 spiro atoms. The maximum absolute atomic E-state index is 11.4. The average molecular weight is 288 g/mol. The van der Waals surface area contributed by atoms with Crippen molar-refractivity contribution in [3.8, 4) is 17.6 Å². The van der Waals surface area contributed by atoms with E-state index >= 15 is 0 Å². The van der Waals surface area contributed by atoms with Crippen molar-refractivity contribution in [1.29, 1.82) is 0 Å². The van der Waals surface area contributed by atoms with Crippen LogP contribution in [0.1, 0.15) is 51.0 Å². The lowest BCUT2D eigenvalue weighted by Crippen LogP contribution is -2.07. The first-order valence-corrected chi connectivity index (χ1v) is 7.43. The van der Waals surface area contributed by atoms with Gasteiger partial charge in [0, 0.05) is 0 Å². The summed E-state index contributed by atoms with van der Waals surface area (Å²) >= 11 is 0. The fraction of sp³-hybridized carbons (Fsp3) is 0.500. The van der Waals surface area contributed by atoms with E-state index in [0.29, 0.717) is 0 Å². The average Bonchev–Trinajstić information content (AvgIpc) is 2.51. The van der Waals surface area contributed by atoms with Crippen molar-refractivity contribution in [2.45, 2.75) is 45.4 Å². The van der Waals surface area contributed by atoms with Crippen LogP contribution in [0.2, 0.25) is 0 Å². The van der Waals surface area contributed by atoms with Gasteiger partial charge in [-0.15, -0.1) is 5.92 Å². The molecule has 1 rings (SSSR count). The van der Waals surface area contributed by atoms with Gasteiger partial charge >= 0.3 is 5.97 Å². The fourth-order valence-corrected chi connectivity index (χ4v) is 2.01. The molecule has 0 fully saturated rings. The predicted octanol–water partition coefficient (Wildman–Crippen LogP) is 3.93. The molecule has 1 atom stereocenters. The molecule has 0 bridgehead atoms. The normalized spacial score (nSPS) is 11.2. The van der Waals surface area contributed by atoms with Gasteiger partial charge in [-0.05, 0) is 31.0 Å². The van der Waals surface area contributed by atoms with Crippen molar-refractivity contribution in [3.05, 3.63) is 29.8 Å². The Labute approximate surface area is 127 Å². The van der Waals surface area contributed by atoms with E-state index in [2.05, 4.69) is 18.8 Å². The van der Waals surface area contributed by atoms with Crippen LogP contribution < -0.4 is 4.74 Å². The highest BCUT2D eigenvalue weighted by Gasteiger charge is 2.14. The molecule has 0 saturated carbocycles. The van der Waals surface area contributed by atoms with Gasteiger partial charge in [-0.25, -0.2) is 0 Å². The second-order valence-corrected chi connectivity index (χ2v) is 4.85. The highest BCUT2D eigenvalue weighted by Crippen LogP contribution is 2.22. The van der Waals surface area contributed by atoms with Crippen LogP contribution in [0.25, 0.3) is 0 Å². The topological polar surface area (TPSA) is 35.5 Å². The molecule has 1 aromatic rings. The number of unbranched alkanes of at least 4 members (excludes halogenated alkanes) is 2. The summed E-state index contributed by atoms with van der Waals surface area (Å²) in [6.45, 7) is 4.69. The molecule has 1 aromatic carbocycles. The van der Waals surface area contributed by atoms with E-state index in [4.69, 9.17) is 9.47 Å². The summed E-state index contributed by atoms with van der Waals surface area (Å²) < 4.78 is 10.4.